The quantitative estimate of drug-likeness (QED) is 0.856. The molecule has 17 heavy (non-hydrogen) atoms. The molecule has 2 fully saturated rings. The maximum Gasteiger partial charge on any atom is 0.181 e. The fraction of sp³-hybridized carbons (Fsp3) is 0.786. The second-order valence-electron chi connectivity index (χ2n) is 5.64. The third-order valence-corrected chi connectivity index (χ3v) is 4.73. The van der Waals surface area contributed by atoms with Gasteiger partial charge in [0.1, 0.15) is 11.5 Å². The summed E-state index contributed by atoms with van der Waals surface area (Å²) in [6.07, 6.45) is 10.9. The van der Waals surface area contributed by atoms with E-state index in [9.17, 15) is 5.11 Å². The smallest absolute Gasteiger partial charge is 0.181 e. The van der Waals surface area contributed by atoms with Crippen molar-refractivity contribution < 1.29 is 9.52 Å². The topological polar surface area (TPSA) is 46.3 Å². The van der Waals surface area contributed by atoms with Crippen LogP contribution in [0.15, 0.2) is 10.8 Å². The Kier molecular flexibility index (Phi) is 3.19. The van der Waals surface area contributed by atoms with E-state index in [1.165, 1.54) is 51.3 Å². The highest BCUT2D eigenvalue weighted by Gasteiger charge is 2.34. The van der Waals surface area contributed by atoms with Crippen LogP contribution in [0.5, 0.6) is 0 Å². The molecule has 2 aliphatic carbocycles. The summed E-state index contributed by atoms with van der Waals surface area (Å²) in [7, 11) is 0. The summed E-state index contributed by atoms with van der Waals surface area (Å²) in [6, 6.07) is 0. The van der Waals surface area contributed by atoms with Crippen molar-refractivity contribution in [2.75, 3.05) is 0 Å². The first-order valence-electron chi connectivity index (χ1n) is 6.91. The Bertz CT molecular complexity index is 374. The van der Waals surface area contributed by atoms with Crippen LogP contribution in [0, 0.1) is 11.8 Å². The van der Waals surface area contributed by atoms with Crippen LogP contribution in [0.25, 0.3) is 0 Å². The van der Waals surface area contributed by atoms with E-state index in [-0.39, 0.29) is 6.61 Å². The lowest BCUT2D eigenvalue weighted by molar-refractivity contribution is 0.146. The maximum atomic E-state index is 9.25. The minimum absolute atomic E-state index is 0.0103. The summed E-state index contributed by atoms with van der Waals surface area (Å²) in [5.41, 5.74) is 0.754. The fourth-order valence-electron chi connectivity index (χ4n) is 3.84. The second kappa shape index (κ2) is 4.81. The Morgan fingerprint density at radius 1 is 1.18 bits per heavy atom. The number of aromatic nitrogens is 1. The lowest BCUT2D eigenvalue weighted by Crippen LogP contribution is -2.27. The third kappa shape index (κ3) is 2.13. The highest BCUT2D eigenvalue weighted by Crippen LogP contribution is 2.46. The zero-order valence-corrected chi connectivity index (χ0v) is 10.3. The molecule has 0 bridgehead atoms. The highest BCUT2D eigenvalue weighted by molar-refractivity contribution is 5.13. The molecule has 1 aromatic heterocycles. The van der Waals surface area contributed by atoms with E-state index in [1.54, 1.807) is 0 Å². The summed E-state index contributed by atoms with van der Waals surface area (Å²) < 4.78 is 5.50. The molecule has 0 amide bonds. The normalized spacial score (nSPS) is 33.4. The molecule has 1 aromatic rings. The van der Waals surface area contributed by atoms with E-state index in [1.807, 2.05) is 0 Å². The molecule has 1 heterocycles. The SMILES string of the molecule is OCc1ncoc1C1CCC2CCCCC2C1. The predicted molar refractivity (Wildman–Crippen MR) is 64.5 cm³/mol. The molecule has 1 N–H and O–H groups in total. The molecule has 0 aromatic carbocycles. The Balaban J connectivity index is 1.73. The van der Waals surface area contributed by atoms with E-state index in [0.717, 1.165) is 23.3 Å². The minimum Gasteiger partial charge on any atom is -0.448 e. The molecular formula is C14H21NO2. The Morgan fingerprint density at radius 3 is 2.82 bits per heavy atom. The zero-order valence-electron chi connectivity index (χ0n) is 10.3. The largest absolute Gasteiger partial charge is 0.448 e. The van der Waals surface area contributed by atoms with Crippen molar-refractivity contribution in [3.63, 3.8) is 0 Å². The van der Waals surface area contributed by atoms with Gasteiger partial charge < -0.3 is 9.52 Å². The molecule has 0 spiro atoms. The molecular weight excluding hydrogens is 214 g/mol. The molecule has 94 valence electrons. The Morgan fingerprint density at radius 2 is 2.00 bits per heavy atom. The molecule has 2 saturated carbocycles. The summed E-state index contributed by atoms with van der Waals surface area (Å²) >= 11 is 0. The molecule has 2 aliphatic rings. The average Bonchev–Trinajstić information content (AvgIpc) is 2.86. The van der Waals surface area contributed by atoms with Crippen LogP contribution in [-0.2, 0) is 6.61 Å². The van der Waals surface area contributed by atoms with Crippen molar-refractivity contribution in [1.29, 1.82) is 0 Å². The van der Waals surface area contributed by atoms with Gasteiger partial charge in [-0.05, 0) is 31.1 Å². The average molecular weight is 235 g/mol. The molecule has 3 atom stereocenters. The van der Waals surface area contributed by atoms with Crippen LogP contribution in [-0.4, -0.2) is 10.1 Å². The van der Waals surface area contributed by atoms with Crippen LogP contribution < -0.4 is 0 Å². The molecule has 3 nitrogen and oxygen atoms in total. The van der Waals surface area contributed by atoms with Crippen molar-refractivity contribution in [3.05, 3.63) is 17.8 Å². The van der Waals surface area contributed by atoms with Crippen molar-refractivity contribution in [2.45, 2.75) is 57.5 Å². The van der Waals surface area contributed by atoms with Gasteiger partial charge in [0, 0.05) is 5.92 Å². The summed E-state index contributed by atoms with van der Waals surface area (Å²) in [5, 5.41) is 9.25. The van der Waals surface area contributed by atoms with E-state index in [0.29, 0.717) is 5.92 Å². The summed E-state index contributed by atoms with van der Waals surface area (Å²) in [6.45, 7) is 0.0103. The lowest BCUT2D eigenvalue weighted by atomic mass is 9.67. The molecule has 3 unspecified atom stereocenters. The number of oxazole rings is 1. The predicted octanol–water partition coefficient (Wildman–Crippen LogP) is 3.24. The van der Waals surface area contributed by atoms with Gasteiger partial charge >= 0.3 is 0 Å². The van der Waals surface area contributed by atoms with Crippen LogP contribution in [0.2, 0.25) is 0 Å². The van der Waals surface area contributed by atoms with Crippen LogP contribution in [0.1, 0.15) is 62.3 Å². The zero-order chi connectivity index (χ0) is 11.7. The summed E-state index contributed by atoms with van der Waals surface area (Å²) in [5.74, 6) is 3.30. The Hall–Kier alpha value is -0.830. The first-order valence-corrected chi connectivity index (χ1v) is 6.91. The number of hydrogen-bond donors (Lipinski definition) is 1. The number of nitrogens with zero attached hydrogens (tertiary/aromatic N) is 1. The number of hydrogen-bond acceptors (Lipinski definition) is 3. The van der Waals surface area contributed by atoms with Gasteiger partial charge in [-0.3, -0.25) is 0 Å². The van der Waals surface area contributed by atoms with E-state index in [2.05, 4.69) is 4.98 Å². The van der Waals surface area contributed by atoms with E-state index in [4.69, 9.17) is 4.42 Å². The molecule has 3 heteroatoms. The van der Waals surface area contributed by atoms with Crippen LogP contribution in [0.3, 0.4) is 0 Å². The number of aliphatic hydroxyl groups is 1. The fourth-order valence-corrected chi connectivity index (χ4v) is 3.84. The Labute approximate surface area is 102 Å². The highest BCUT2D eigenvalue weighted by atomic mass is 16.3. The van der Waals surface area contributed by atoms with Crippen molar-refractivity contribution in [1.82, 2.24) is 4.98 Å². The van der Waals surface area contributed by atoms with Crippen LogP contribution in [0.4, 0.5) is 0 Å². The number of fused-ring (bicyclic) bond motifs is 1. The second-order valence-corrected chi connectivity index (χ2v) is 5.64. The van der Waals surface area contributed by atoms with Gasteiger partial charge in [-0.2, -0.15) is 0 Å². The van der Waals surface area contributed by atoms with Crippen molar-refractivity contribution in [2.24, 2.45) is 11.8 Å². The van der Waals surface area contributed by atoms with Crippen molar-refractivity contribution in [3.8, 4) is 0 Å². The van der Waals surface area contributed by atoms with Gasteiger partial charge in [0.05, 0.1) is 6.61 Å². The molecule has 0 radical (unpaired) electrons. The monoisotopic (exact) mass is 235 g/mol. The molecule has 0 aliphatic heterocycles. The number of rotatable bonds is 2. The van der Waals surface area contributed by atoms with Crippen molar-refractivity contribution >= 4 is 0 Å². The third-order valence-electron chi connectivity index (χ3n) is 4.73. The first kappa shape index (κ1) is 11.3. The van der Waals surface area contributed by atoms with Gasteiger partial charge in [0.15, 0.2) is 6.39 Å². The van der Waals surface area contributed by atoms with E-state index < -0.39 is 0 Å². The van der Waals surface area contributed by atoms with E-state index >= 15 is 0 Å². The van der Waals surface area contributed by atoms with Gasteiger partial charge in [-0.15, -0.1) is 0 Å². The molecule has 3 rings (SSSR count). The van der Waals surface area contributed by atoms with Gasteiger partial charge in [0.2, 0.25) is 0 Å². The van der Waals surface area contributed by atoms with Gasteiger partial charge in [-0.25, -0.2) is 4.98 Å². The van der Waals surface area contributed by atoms with Gasteiger partial charge in [0.25, 0.3) is 0 Å². The number of aliphatic hydroxyl groups excluding tert-OH is 1. The van der Waals surface area contributed by atoms with Gasteiger partial charge in [-0.1, -0.05) is 25.7 Å². The summed E-state index contributed by atoms with van der Waals surface area (Å²) in [4.78, 5) is 4.10. The lowest BCUT2D eigenvalue weighted by Gasteiger charge is -2.38. The molecule has 0 saturated heterocycles. The van der Waals surface area contributed by atoms with Crippen LogP contribution >= 0.6 is 0 Å². The standard InChI is InChI=1S/C14H21NO2/c16-8-13-14(17-9-15-13)12-6-5-10-3-1-2-4-11(10)7-12/h9-12,16H,1-8H2. The maximum absolute atomic E-state index is 9.25. The minimum atomic E-state index is 0.0103. The first-order chi connectivity index (χ1) is 8.38.